The van der Waals surface area contributed by atoms with E-state index in [4.69, 9.17) is 15.7 Å². The van der Waals surface area contributed by atoms with Gasteiger partial charge >= 0.3 is 0 Å². The molecule has 2 aliphatic heterocycles. The molecule has 0 radical (unpaired) electrons. The molecular weight excluding hydrogens is 216 g/mol. The lowest BCUT2D eigenvalue weighted by atomic mass is 10.2. The van der Waals surface area contributed by atoms with Crippen molar-refractivity contribution in [2.45, 2.75) is 25.0 Å². The molecule has 0 spiro atoms. The molecule has 0 saturated carbocycles. The van der Waals surface area contributed by atoms with Crippen LogP contribution in [0.1, 0.15) is 18.4 Å². The number of pyridine rings is 1. The Morgan fingerprint density at radius 3 is 2.76 bits per heavy atom. The summed E-state index contributed by atoms with van der Waals surface area (Å²) in [6.45, 7) is 1.64. The number of rotatable bonds is 1. The summed E-state index contributed by atoms with van der Waals surface area (Å²) in [6, 6.07) is 3.84. The summed E-state index contributed by atoms with van der Waals surface area (Å²) in [5.74, 6) is 0.738. The van der Waals surface area contributed by atoms with E-state index < -0.39 is 0 Å². The number of hydrogen-bond donors (Lipinski definition) is 1. The predicted octanol–water partition coefficient (Wildman–Crippen LogP) is 0.903. The van der Waals surface area contributed by atoms with E-state index in [1.165, 1.54) is 0 Å². The van der Waals surface area contributed by atoms with Crippen LogP contribution in [0, 0.1) is 11.3 Å². The molecule has 1 aromatic rings. The minimum atomic E-state index is 0.291. The van der Waals surface area contributed by atoms with E-state index in [2.05, 4.69) is 16.0 Å². The Morgan fingerprint density at radius 2 is 2.12 bits per heavy atom. The number of aromatic nitrogens is 1. The van der Waals surface area contributed by atoms with Gasteiger partial charge in [-0.15, -0.1) is 0 Å². The van der Waals surface area contributed by atoms with E-state index in [1.807, 2.05) is 0 Å². The van der Waals surface area contributed by atoms with E-state index in [0.29, 0.717) is 23.5 Å². The summed E-state index contributed by atoms with van der Waals surface area (Å²) in [5, 5.41) is 9.12. The molecule has 5 nitrogen and oxygen atoms in total. The second kappa shape index (κ2) is 3.90. The Balaban J connectivity index is 1.92. The lowest BCUT2D eigenvalue weighted by Crippen LogP contribution is -2.43. The molecule has 1 aromatic heterocycles. The zero-order valence-corrected chi connectivity index (χ0v) is 9.47. The smallest absolute Gasteiger partial charge is 0.146 e. The third kappa shape index (κ3) is 1.81. The summed E-state index contributed by atoms with van der Waals surface area (Å²) in [5.41, 5.74) is 6.72. The zero-order valence-electron chi connectivity index (χ0n) is 9.47. The average molecular weight is 230 g/mol. The third-order valence-electron chi connectivity index (χ3n) is 3.35. The van der Waals surface area contributed by atoms with E-state index in [1.54, 1.807) is 12.3 Å². The Labute approximate surface area is 99.8 Å². The van der Waals surface area contributed by atoms with Crippen LogP contribution >= 0.6 is 0 Å². The molecule has 0 amide bonds. The molecule has 3 rings (SSSR count). The molecule has 2 unspecified atom stereocenters. The number of nitrogen functional groups attached to an aromatic ring is 1. The van der Waals surface area contributed by atoms with Crippen LogP contribution < -0.4 is 10.6 Å². The Bertz CT molecular complexity index is 470. The van der Waals surface area contributed by atoms with Crippen LogP contribution in [0.4, 0.5) is 11.5 Å². The fourth-order valence-corrected chi connectivity index (χ4v) is 2.60. The number of nitriles is 1. The molecule has 2 aliphatic rings. The number of ether oxygens (including phenoxy) is 1. The average Bonchev–Trinajstić information content (AvgIpc) is 2.68. The van der Waals surface area contributed by atoms with Crippen LogP contribution in [0.3, 0.4) is 0 Å². The minimum absolute atomic E-state index is 0.291. The number of anilines is 2. The molecular formula is C12H14N4O. The molecule has 0 aliphatic carbocycles. The first-order chi connectivity index (χ1) is 8.26. The highest BCUT2D eigenvalue weighted by Crippen LogP contribution is 2.30. The van der Waals surface area contributed by atoms with Crippen LogP contribution in [0.15, 0.2) is 12.3 Å². The van der Waals surface area contributed by atoms with Gasteiger partial charge < -0.3 is 15.4 Å². The lowest BCUT2D eigenvalue weighted by molar-refractivity contribution is 0.0302. The van der Waals surface area contributed by atoms with Crippen molar-refractivity contribution < 1.29 is 4.74 Å². The molecule has 2 atom stereocenters. The molecule has 2 fully saturated rings. The van der Waals surface area contributed by atoms with Gasteiger partial charge in [0.25, 0.3) is 0 Å². The van der Waals surface area contributed by atoms with Crippen LogP contribution in [0.2, 0.25) is 0 Å². The number of morpholine rings is 1. The maximum atomic E-state index is 9.12. The second-order valence-corrected chi connectivity index (χ2v) is 4.61. The van der Waals surface area contributed by atoms with Gasteiger partial charge in [0.2, 0.25) is 0 Å². The molecule has 88 valence electrons. The number of hydrogen-bond acceptors (Lipinski definition) is 5. The zero-order chi connectivity index (χ0) is 11.8. The van der Waals surface area contributed by atoms with Crippen molar-refractivity contribution in [1.82, 2.24) is 4.98 Å². The maximum Gasteiger partial charge on any atom is 0.146 e. The van der Waals surface area contributed by atoms with Gasteiger partial charge in [0.15, 0.2) is 0 Å². The van der Waals surface area contributed by atoms with Crippen molar-refractivity contribution in [2.75, 3.05) is 23.7 Å². The number of nitrogens with two attached hydrogens (primary N) is 1. The van der Waals surface area contributed by atoms with Crippen LogP contribution in [0.5, 0.6) is 0 Å². The Morgan fingerprint density at radius 1 is 1.41 bits per heavy atom. The monoisotopic (exact) mass is 230 g/mol. The van der Waals surface area contributed by atoms with Gasteiger partial charge in [-0.3, -0.25) is 0 Å². The van der Waals surface area contributed by atoms with E-state index >= 15 is 0 Å². The summed E-state index contributed by atoms with van der Waals surface area (Å²) in [4.78, 5) is 6.43. The topological polar surface area (TPSA) is 75.2 Å². The van der Waals surface area contributed by atoms with E-state index in [9.17, 15) is 0 Å². The predicted molar refractivity (Wildman–Crippen MR) is 63.5 cm³/mol. The van der Waals surface area contributed by atoms with Gasteiger partial charge in [-0.25, -0.2) is 4.98 Å². The third-order valence-corrected chi connectivity index (χ3v) is 3.35. The first-order valence-electron chi connectivity index (χ1n) is 5.82. The normalized spacial score (nSPS) is 26.9. The highest BCUT2D eigenvalue weighted by atomic mass is 16.5. The molecule has 2 bridgehead atoms. The Hall–Kier alpha value is -1.80. The molecule has 2 N–H and O–H groups in total. The molecule has 17 heavy (non-hydrogen) atoms. The van der Waals surface area contributed by atoms with Gasteiger partial charge in [-0.1, -0.05) is 0 Å². The van der Waals surface area contributed by atoms with Gasteiger partial charge in [-0.2, -0.15) is 5.26 Å². The highest BCUT2D eigenvalue weighted by molar-refractivity contribution is 5.59. The first-order valence-corrected chi connectivity index (χ1v) is 5.82. The SMILES string of the molecule is N#Cc1cc(N)cnc1N1CC2CCC(C1)O2. The van der Waals surface area contributed by atoms with Crippen LogP contribution in [-0.2, 0) is 4.74 Å². The van der Waals surface area contributed by atoms with Crippen molar-refractivity contribution in [1.29, 1.82) is 5.26 Å². The minimum Gasteiger partial charge on any atom is -0.397 e. The van der Waals surface area contributed by atoms with Gasteiger partial charge in [-0.05, 0) is 18.9 Å². The molecule has 0 aromatic carbocycles. The van der Waals surface area contributed by atoms with Crippen LogP contribution in [-0.4, -0.2) is 30.3 Å². The van der Waals surface area contributed by atoms with Crippen molar-refractivity contribution in [3.8, 4) is 6.07 Å². The van der Waals surface area contributed by atoms with Crippen molar-refractivity contribution in [3.05, 3.63) is 17.8 Å². The van der Waals surface area contributed by atoms with Gasteiger partial charge in [0.1, 0.15) is 11.9 Å². The van der Waals surface area contributed by atoms with E-state index in [0.717, 1.165) is 31.7 Å². The Kier molecular flexibility index (Phi) is 2.37. The maximum absolute atomic E-state index is 9.12. The first kappa shape index (κ1) is 10.4. The quantitative estimate of drug-likeness (QED) is 0.775. The summed E-state index contributed by atoms with van der Waals surface area (Å²) >= 11 is 0. The standard InChI is InChI=1S/C12H14N4O/c13-4-8-3-9(14)5-15-12(8)16-6-10-1-2-11(7-16)17-10/h3,5,10-11H,1-2,6-7,14H2. The summed E-state index contributed by atoms with van der Waals surface area (Å²) in [6.07, 6.45) is 4.41. The molecule has 3 heterocycles. The van der Waals surface area contributed by atoms with Crippen molar-refractivity contribution >= 4 is 11.5 Å². The van der Waals surface area contributed by atoms with Gasteiger partial charge in [0, 0.05) is 13.1 Å². The molecule has 5 heteroatoms. The van der Waals surface area contributed by atoms with Gasteiger partial charge in [0.05, 0.1) is 29.7 Å². The van der Waals surface area contributed by atoms with Crippen molar-refractivity contribution in [2.24, 2.45) is 0 Å². The van der Waals surface area contributed by atoms with Crippen molar-refractivity contribution in [3.63, 3.8) is 0 Å². The number of fused-ring (bicyclic) bond motifs is 2. The fraction of sp³-hybridized carbons (Fsp3) is 0.500. The van der Waals surface area contributed by atoms with E-state index in [-0.39, 0.29) is 0 Å². The lowest BCUT2D eigenvalue weighted by Gasteiger charge is -2.33. The molecule has 2 saturated heterocycles. The highest BCUT2D eigenvalue weighted by Gasteiger charge is 2.34. The summed E-state index contributed by atoms with van der Waals surface area (Å²) in [7, 11) is 0. The second-order valence-electron chi connectivity index (χ2n) is 4.61. The number of nitrogens with zero attached hydrogens (tertiary/aromatic N) is 3. The largest absolute Gasteiger partial charge is 0.397 e. The summed E-state index contributed by atoms with van der Waals surface area (Å²) < 4.78 is 5.77. The fourth-order valence-electron chi connectivity index (χ4n) is 2.60. The van der Waals surface area contributed by atoms with Crippen LogP contribution in [0.25, 0.3) is 0 Å².